The van der Waals surface area contributed by atoms with Gasteiger partial charge < -0.3 is 10.6 Å². The van der Waals surface area contributed by atoms with Crippen molar-refractivity contribution >= 4 is 5.91 Å². The van der Waals surface area contributed by atoms with Crippen molar-refractivity contribution in [3.05, 3.63) is 35.4 Å². The third-order valence-corrected chi connectivity index (χ3v) is 2.06. The van der Waals surface area contributed by atoms with E-state index in [0.717, 1.165) is 5.56 Å². The van der Waals surface area contributed by atoms with Gasteiger partial charge in [-0.3, -0.25) is 4.79 Å². The first-order chi connectivity index (χ1) is 7.72. The van der Waals surface area contributed by atoms with E-state index in [0.29, 0.717) is 6.54 Å². The lowest BCUT2D eigenvalue weighted by molar-refractivity contribution is -0.120. The predicted molar refractivity (Wildman–Crippen MR) is 61.5 cm³/mol. The smallest absolute Gasteiger partial charge is 0.234 e. The van der Waals surface area contributed by atoms with Crippen LogP contribution >= 0.6 is 0 Å². The number of nitriles is 1. The summed E-state index contributed by atoms with van der Waals surface area (Å²) in [5.41, 5.74) is 2.35. The van der Waals surface area contributed by atoms with Crippen LogP contribution in [-0.2, 0) is 11.3 Å². The first kappa shape index (κ1) is 12.2. The van der Waals surface area contributed by atoms with Gasteiger partial charge in [0.2, 0.25) is 5.91 Å². The van der Waals surface area contributed by atoms with Crippen molar-refractivity contribution in [1.82, 2.24) is 10.6 Å². The van der Waals surface area contributed by atoms with Crippen molar-refractivity contribution in [2.45, 2.75) is 13.5 Å². The number of nitrogens with one attached hydrogen (secondary N) is 2. The minimum Gasteiger partial charge on any atom is -0.342 e. The second-order valence-electron chi connectivity index (χ2n) is 3.53. The van der Waals surface area contributed by atoms with Crippen molar-refractivity contribution in [2.24, 2.45) is 0 Å². The van der Waals surface area contributed by atoms with Crippen LogP contribution in [0.3, 0.4) is 0 Å². The van der Waals surface area contributed by atoms with Crippen LogP contribution in [0.2, 0.25) is 0 Å². The van der Waals surface area contributed by atoms with E-state index in [1.54, 1.807) is 0 Å². The van der Waals surface area contributed by atoms with Gasteiger partial charge in [0.25, 0.3) is 0 Å². The molecule has 0 aromatic heterocycles. The Balaban J connectivity index is 2.26. The van der Waals surface area contributed by atoms with Crippen molar-refractivity contribution in [1.29, 1.82) is 5.26 Å². The summed E-state index contributed by atoms with van der Waals surface area (Å²) in [6, 6.07) is 9.95. The van der Waals surface area contributed by atoms with Gasteiger partial charge >= 0.3 is 0 Å². The summed E-state index contributed by atoms with van der Waals surface area (Å²) in [7, 11) is 0. The van der Waals surface area contributed by atoms with Crippen molar-refractivity contribution in [3.63, 3.8) is 0 Å². The molecule has 1 rings (SSSR count). The Labute approximate surface area is 95.3 Å². The molecule has 0 bridgehead atoms. The highest BCUT2D eigenvalue weighted by atomic mass is 16.1. The summed E-state index contributed by atoms with van der Waals surface area (Å²) in [5, 5.41) is 13.7. The highest BCUT2D eigenvalue weighted by Crippen LogP contribution is 2.02. The number of amides is 1. The summed E-state index contributed by atoms with van der Waals surface area (Å²) >= 11 is 0. The van der Waals surface area contributed by atoms with Gasteiger partial charge in [0, 0.05) is 6.54 Å². The van der Waals surface area contributed by atoms with Crippen molar-refractivity contribution in [2.75, 3.05) is 13.1 Å². The lowest BCUT2D eigenvalue weighted by atomic mass is 10.1. The number of carbonyl (C=O) groups is 1. The third-order valence-electron chi connectivity index (χ3n) is 2.06. The quantitative estimate of drug-likeness (QED) is 0.714. The Bertz CT molecular complexity index is 395. The number of carbonyl (C=O) groups excluding carboxylic acids is 1. The van der Waals surface area contributed by atoms with Gasteiger partial charge in [-0.25, -0.2) is 0 Å². The summed E-state index contributed by atoms with van der Waals surface area (Å²) in [5.74, 6) is -0.158. The van der Waals surface area contributed by atoms with Crippen molar-refractivity contribution < 1.29 is 4.79 Å². The maximum Gasteiger partial charge on any atom is 0.234 e. The van der Waals surface area contributed by atoms with E-state index in [9.17, 15) is 4.79 Å². The van der Waals surface area contributed by atoms with E-state index in [1.807, 2.05) is 31.2 Å². The second kappa shape index (κ2) is 6.59. The monoisotopic (exact) mass is 217 g/mol. The Morgan fingerprint density at radius 3 is 3.00 bits per heavy atom. The van der Waals surface area contributed by atoms with E-state index in [4.69, 9.17) is 5.26 Å². The molecule has 0 atom stereocenters. The topological polar surface area (TPSA) is 64.9 Å². The summed E-state index contributed by atoms with van der Waals surface area (Å²) < 4.78 is 0. The van der Waals surface area contributed by atoms with Gasteiger partial charge in [0.1, 0.15) is 6.54 Å². The third kappa shape index (κ3) is 4.58. The average molecular weight is 217 g/mol. The molecule has 1 aromatic carbocycles. The van der Waals surface area contributed by atoms with Gasteiger partial charge in [0.05, 0.1) is 12.6 Å². The lowest BCUT2D eigenvalue weighted by Crippen LogP contribution is -2.33. The van der Waals surface area contributed by atoms with Gasteiger partial charge in [-0.05, 0) is 12.5 Å². The van der Waals surface area contributed by atoms with E-state index in [-0.39, 0.29) is 19.0 Å². The molecule has 0 aliphatic rings. The zero-order chi connectivity index (χ0) is 11.8. The lowest BCUT2D eigenvalue weighted by Gasteiger charge is -2.05. The molecular weight excluding hydrogens is 202 g/mol. The van der Waals surface area contributed by atoms with Gasteiger partial charge in [0.15, 0.2) is 0 Å². The highest BCUT2D eigenvalue weighted by Gasteiger charge is 1.99. The molecule has 0 saturated carbocycles. The van der Waals surface area contributed by atoms with Crippen LogP contribution in [0.15, 0.2) is 24.3 Å². The molecule has 16 heavy (non-hydrogen) atoms. The van der Waals surface area contributed by atoms with Crippen LogP contribution in [0.25, 0.3) is 0 Å². The zero-order valence-electron chi connectivity index (χ0n) is 9.29. The van der Waals surface area contributed by atoms with Crippen LogP contribution in [0.4, 0.5) is 0 Å². The normalized spacial score (nSPS) is 9.50. The standard InChI is InChI=1S/C12H15N3O/c1-10-3-2-4-11(7-10)8-14-9-12(16)15-6-5-13/h2-4,7,14H,6,8-9H2,1H3,(H,15,16). The van der Waals surface area contributed by atoms with E-state index in [2.05, 4.69) is 16.7 Å². The molecule has 2 N–H and O–H groups in total. The molecule has 4 heteroatoms. The first-order valence-electron chi connectivity index (χ1n) is 5.12. The molecule has 0 heterocycles. The van der Waals surface area contributed by atoms with E-state index >= 15 is 0 Å². The molecule has 0 unspecified atom stereocenters. The molecule has 0 fully saturated rings. The molecule has 0 radical (unpaired) electrons. The van der Waals surface area contributed by atoms with Crippen LogP contribution in [-0.4, -0.2) is 19.0 Å². The molecular formula is C12H15N3O. The van der Waals surface area contributed by atoms with Gasteiger partial charge in [-0.2, -0.15) is 5.26 Å². The fourth-order valence-electron chi connectivity index (χ4n) is 1.34. The van der Waals surface area contributed by atoms with Gasteiger partial charge in [-0.1, -0.05) is 29.8 Å². The Morgan fingerprint density at radius 1 is 1.50 bits per heavy atom. The zero-order valence-corrected chi connectivity index (χ0v) is 9.29. The van der Waals surface area contributed by atoms with E-state index < -0.39 is 0 Å². The fraction of sp³-hybridized carbons (Fsp3) is 0.333. The maximum atomic E-state index is 11.1. The number of aryl methyl sites for hydroxylation is 1. The maximum absolute atomic E-state index is 11.1. The summed E-state index contributed by atoms with van der Waals surface area (Å²) in [6.07, 6.45) is 0. The number of benzene rings is 1. The van der Waals surface area contributed by atoms with Crippen LogP contribution < -0.4 is 10.6 Å². The number of nitrogens with zero attached hydrogens (tertiary/aromatic N) is 1. The molecule has 4 nitrogen and oxygen atoms in total. The number of rotatable bonds is 5. The van der Waals surface area contributed by atoms with Crippen LogP contribution in [0.5, 0.6) is 0 Å². The number of hydrogen-bond donors (Lipinski definition) is 2. The summed E-state index contributed by atoms with van der Waals surface area (Å²) in [6.45, 7) is 2.98. The average Bonchev–Trinajstić information content (AvgIpc) is 2.26. The minimum absolute atomic E-state index is 0.0605. The van der Waals surface area contributed by atoms with Crippen LogP contribution in [0, 0.1) is 18.3 Å². The second-order valence-corrected chi connectivity index (χ2v) is 3.53. The largest absolute Gasteiger partial charge is 0.342 e. The molecule has 1 amide bonds. The Kier molecular flexibility index (Phi) is 5.03. The van der Waals surface area contributed by atoms with Crippen molar-refractivity contribution in [3.8, 4) is 6.07 Å². The van der Waals surface area contributed by atoms with Gasteiger partial charge in [-0.15, -0.1) is 0 Å². The summed E-state index contributed by atoms with van der Waals surface area (Å²) in [4.78, 5) is 11.1. The van der Waals surface area contributed by atoms with Crippen LogP contribution in [0.1, 0.15) is 11.1 Å². The molecule has 0 aliphatic heterocycles. The Hall–Kier alpha value is -1.86. The van der Waals surface area contributed by atoms with E-state index in [1.165, 1.54) is 5.56 Å². The molecule has 0 aliphatic carbocycles. The fourth-order valence-corrected chi connectivity index (χ4v) is 1.34. The molecule has 0 saturated heterocycles. The minimum atomic E-state index is -0.158. The SMILES string of the molecule is Cc1cccc(CNCC(=O)NCC#N)c1. The predicted octanol–water partition coefficient (Wildman–Crippen LogP) is 0.724. The first-order valence-corrected chi connectivity index (χ1v) is 5.12. The number of hydrogen-bond acceptors (Lipinski definition) is 3. The molecule has 84 valence electrons. The molecule has 1 aromatic rings. The highest BCUT2D eigenvalue weighted by molar-refractivity contribution is 5.78. The molecule has 0 spiro atoms. The Morgan fingerprint density at radius 2 is 2.31 bits per heavy atom.